The first kappa shape index (κ1) is 9.15. The lowest BCUT2D eigenvalue weighted by Gasteiger charge is -1.91. The fourth-order valence-corrected chi connectivity index (χ4v) is 1.94. The summed E-state index contributed by atoms with van der Waals surface area (Å²) >= 11 is 6.53. The fourth-order valence-electron chi connectivity index (χ4n) is 1.16. The van der Waals surface area contributed by atoms with Crippen LogP contribution in [0.2, 0.25) is 0 Å². The van der Waals surface area contributed by atoms with E-state index >= 15 is 0 Å². The number of hydrogen-bond acceptors (Lipinski definition) is 1. The zero-order chi connectivity index (χ0) is 9.42. The highest BCUT2D eigenvalue weighted by atomic mass is 79.9. The third kappa shape index (κ3) is 1.62. The summed E-state index contributed by atoms with van der Waals surface area (Å²) in [7, 11) is 0. The van der Waals surface area contributed by atoms with Crippen molar-refractivity contribution in [2.45, 2.75) is 5.33 Å². The molecule has 0 aliphatic heterocycles. The molecule has 0 aliphatic rings. The van der Waals surface area contributed by atoms with Crippen LogP contribution in [0.15, 0.2) is 16.6 Å². The summed E-state index contributed by atoms with van der Waals surface area (Å²) in [5, 5.41) is 0.635. The van der Waals surface area contributed by atoms with Gasteiger partial charge in [-0.25, -0.2) is 9.37 Å². The summed E-state index contributed by atoms with van der Waals surface area (Å²) in [6.45, 7) is 0. The second-order valence-electron chi connectivity index (χ2n) is 2.60. The lowest BCUT2D eigenvalue weighted by atomic mass is 10.3. The van der Waals surface area contributed by atoms with Crippen LogP contribution in [0.1, 0.15) is 5.82 Å². The van der Waals surface area contributed by atoms with Crippen LogP contribution in [-0.4, -0.2) is 9.97 Å². The molecular weight excluding hydrogens is 303 g/mol. The van der Waals surface area contributed by atoms with E-state index in [0.717, 1.165) is 11.3 Å². The number of benzene rings is 1. The van der Waals surface area contributed by atoms with Gasteiger partial charge in [0.2, 0.25) is 0 Å². The monoisotopic (exact) mass is 306 g/mol. The van der Waals surface area contributed by atoms with Gasteiger partial charge in [0, 0.05) is 4.47 Å². The molecule has 68 valence electrons. The zero-order valence-corrected chi connectivity index (χ0v) is 9.61. The van der Waals surface area contributed by atoms with Crippen molar-refractivity contribution in [3.8, 4) is 0 Å². The molecule has 0 bridgehead atoms. The average Bonchev–Trinajstić information content (AvgIpc) is 2.47. The second kappa shape index (κ2) is 3.38. The minimum Gasteiger partial charge on any atom is -0.341 e. The Morgan fingerprint density at radius 1 is 1.46 bits per heavy atom. The van der Waals surface area contributed by atoms with Crippen LogP contribution in [0, 0.1) is 5.82 Å². The van der Waals surface area contributed by atoms with Crippen LogP contribution in [0.5, 0.6) is 0 Å². The third-order valence-electron chi connectivity index (χ3n) is 1.68. The number of fused-ring (bicyclic) bond motifs is 1. The van der Waals surface area contributed by atoms with Crippen molar-refractivity contribution >= 4 is 42.9 Å². The van der Waals surface area contributed by atoms with Gasteiger partial charge in [0.05, 0.1) is 10.8 Å². The number of H-pyrrole nitrogens is 1. The zero-order valence-electron chi connectivity index (χ0n) is 6.44. The number of nitrogens with zero attached hydrogens (tertiary/aromatic N) is 1. The lowest BCUT2D eigenvalue weighted by molar-refractivity contribution is 0.628. The molecule has 0 radical (unpaired) electrons. The summed E-state index contributed by atoms with van der Waals surface area (Å²) in [4.78, 5) is 7.25. The standard InChI is InChI=1S/C8H5Br2FN2/c9-3-7-12-6-2-4(11)1-5(10)8(6)13-7/h1-2H,3H2,(H,12,13). The summed E-state index contributed by atoms with van der Waals surface area (Å²) in [5.74, 6) is 0.519. The molecule has 2 nitrogen and oxygen atoms in total. The van der Waals surface area contributed by atoms with Crippen molar-refractivity contribution in [3.63, 3.8) is 0 Å². The Morgan fingerprint density at radius 3 is 2.92 bits per heavy atom. The van der Waals surface area contributed by atoms with E-state index < -0.39 is 0 Å². The molecule has 1 N–H and O–H groups in total. The van der Waals surface area contributed by atoms with Gasteiger partial charge < -0.3 is 4.98 Å². The molecule has 2 aromatic rings. The van der Waals surface area contributed by atoms with Gasteiger partial charge in [-0.2, -0.15) is 0 Å². The Bertz CT molecular complexity index is 453. The predicted octanol–water partition coefficient (Wildman–Crippen LogP) is 3.36. The Hall–Kier alpha value is -0.420. The third-order valence-corrected chi connectivity index (χ3v) is 2.82. The highest BCUT2D eigenvalue weighted by Crippen LogP contribution is 2.23. The van der Waals surface area contributed by atoms with E-state index in [0.29, 0.717) is 15.3 Å². The molecular formula is C8H5Br2FN2. The van der Waals surface area contributed by atoms with Crippen molar-refractivity contribution < 1.29 is 4.39 Å². The Labute approximate surface area is 90.8 Å². The number of imidazole rings is 1. The van der Waals surface area contributed by atoms with Gasteiger partial charge in [0.1, 0.15) is 17.2 Å². The molecule has 13 heavy (non-hydrogen) atoms. The minimum atomic E-state index is -0.274. The molecule has 5 heteroatoms. The average molecular weight is 308 g/mol. The molecule has 0 saturated heterocycles. The van der Waals surface area contributed by atoms with Crippen molar-refractivity contribution in [1.82, 2.24) is 9.97 Å². The quantitative estimate of drug-likeness (QED) is 0.804. The molecule has 1 heterocycles. The summed E-state index contributed by atoms with van der Waals surface area (Å²) in [5.41, 5.74) is 1.47. The Balaban J connectivity index is 2.75. The normalized spacial score (nSPS) is 11.0. The predicted molar refractivity (Wildman–Crippen MR) is 56.4 cm³/mol. The molecule has 0 saturated carbocycles. The highest BCUT2D eigenvalue weighted by molar-refractivity contribution is 9.10. The molecule has 0 spiro atoms. The maximum Gasteiger partial charge on any atom is 0.126 e. The van der Waals surface area contributed by atoms with Crippen molar-refractivity contribution in [3.05, 3.63) is 28.2 Å². The van der Waals surface area contributed by atoms with Gasteiger partial charge in [0.15, 0.2) is 0 Å². The molecule has 0 fully saturated rings. The first-order valence-electron chi connectivity index (χ1n) is 3.60. The molecule has 0 amide bonds. The molecule has 1 aromatic carbocycles. The van der Waals surface area contributed by atoms with Crippen LogP contribution in [0.3, 0.4) is 0 Å². The summed E-state index contributed by atoms with van der Waals surface area (Å²) in [6.07, 6.45) is 0. The SMILES string of the molecule is Fc1cc(Br)c2nc(CBr)[nH]c2c1. The Morgan fingerprint density at radius 2 is 2.23 bits per heavy atom. The molecule has 0 aliphatic carbocycles. The van der Waals surface area contributed by atoms with Gasteiger partial charge in [-0.15, -0.1) is 0 Å². The second-order valence-corrected chi connectivity index (χ2v) is 4.02. The lowest BCUT2D eigenvalue weighted by Crippen LogP contribution is -1.76. The van der Waals surface area contributed by atoms with E-state index in [4.69, 9.17) is 0 Å². The first-order valence-corrected chi connectivity index (χ1v) is 5.52. The van der Waals surface area contributed by atoms with Gasteiger partial charge in [-0.3, -0.25) is 0 Å². The van der Waals surface area contributed by atoms with E-state index in [1.807, 2.05) is 0 Å². The van der Waals surface area contributed by atoms with Gasteiger partial charge >= 0.3 is 0 Å². The molecule has 1 aromatic heterocycles. The van der Waals surface area contributed by atoms with Crippen LogP contribution in [0.4, 0.5) is 4.39 Å². The molecule has 2 rings (SSSR count). The van der Waals surface area contributed by atoms with Crippen LogP contribution in [-0.2, 0) is 5.33 Å². The molecule has 0 atom stereocenters. The van der Waals surface area contributed by atoms with Crippen molar-refractivity contribution in [1.29, 1.82) is 0 Å². The van der Waals surface area contributed by atoms with Crippen LogP contribution in [0.25, 0.3) is 11.0 Å². The summed E-state index contributed by atoms with van der Waals surface area (Å²) in [6, 6.07) is 2.83. The van der Waals surface area contributed by atoms with Crippen molar-refractivity contribution in [2.75, 3.05) is 0 Å². The number of aromatic nitrogens is 2. The van der Waals surface area contributed by atoms with E-state index in [1.165, 1.54) is 12.1 Å². The Kier molecular flexibility index (Phi) is 2.38. The van der Waals surface area contributed by atoms with Crippen molar-refractivity contribution in [2.24, 2.45) is 0 Å². The maximum absolute atomic E-state index is 12.9. The maximum atomic E-state index is 12.9. The number of hydrogen-bond donors (Lipinski definition) is 1. The number of rotatable bonds is 1. The van der Waals surface area contributed by atoms with Gasteiger partial charge in [-0.05, 0) is 28.1 Å². The minimum absolute atomic E-state index is 0.274. The number of alkyl halides is 1. The topological polar surface area (TPSA) is 28.7 Å². The van der Waals surface area contributed by atoms with Crippen LogP contribution < -0.4 is 0 Å². The summed E-state index contributed by atoms with van der Waals surface area (Å²) < 4.78 is 13.6. The first-order chi connectivity index (χ1) is 6.20. The largest absolute Gasteiger partial charge is 0.341 e. The fraction of sp³-hybridized carbons (Fsp3) is 0.125. The highest BCUT2D eigenvalue weighted by Gasteiger charge is 2.06. The number of nitrogens with one attached hydrogen (secondary N) is 1. The number of halogens is 3. The smallest absolute Gasteiger partial charge is 0.126 e. The van der Waals surface area contributed by atoms with E-state index in [1.54, 1.807) is 0 Å². The van der Waals surface area contributed by atoms with E-state index in [9.17, 15) is 4.39 Å². The van der Waals surface area contributed by atoms with Gasteiger partial charge in [0.25, 0.3) is 0 Å². The number of aromatic amines is 1. The van der Waals surface area contributed by atoms with E-state index in [-0.39, 0.29) is 5.82 Å². The van der Waals surface area contributed by atoms with Crippen LogP contribution >= 0.6 is 31.9 Å². The van der Waals surface area contributed by atoms with Gasteiger partial charge in [-0.1, -0.05) is 15.9 Å². The van der Waals surface area contributed by atoms with E-state index in [2.05, 4.69) is 41.8 Å². The molecule has 0 unspecified atom stereocenters.